The number of ether oxygens (including phenoxy) is 4. The van der Waals surface area contributed by atoms with Gasteiger partial charge in [0.15, 0.2) is 6.10 Å². The zero-order chi connectivity index (χ0) is 29.1. The van der Waals surface area contributed by atoms with Crippen LogP contribution in [-0.4, -0.2) is 69.3 Å². The zero-order valence-electron chi connectivity index (χ0n) is 23.3. The van der Waals surface area contributed by atoms with Crippen LogP contribution in [0.25, 0.3) is 0 Å². The van der Waals surface area contributed by atoms with E-state index in [0.717, 1.165) is 0 Å². The minimum atomic E-state index is -1.78. The van der Waals surface area contributed by atoms with E-state index in [4.69, 9.17) is 18.9 Å². The molecule has 9 nitrogen and oxygen atoms in total. The molecule has 1 aliphatic heterocycles. The van der Waals surface area contributed by atoms with Crippen molar-refractivity contribution >= 4 is 17.9 Å². The number of rotatable bonds is 5. The number of aliphatic hydroxyl groups excluding tert-OH is 1. The lowest BCUT2D eigenvalue weighted by molar-refractivity contribution is -0.341. The Morgan fingerprint density at radius 2 is 1.38 bits per heavy atom. The second-order valence-electron chi connectivity index (χ2n) is 12.1. The van der Waals surface area contributed by atoms with E-state index in [1.54, 1.807) is 67.6 Å². The highest BCUT2D eigenvalue weighted by molar-refractivity contribution is 5.90. The highest BCUT2D eigenvalue weighted by Crippen LogP contribution is 2.68. The Balaban J connectivity index is 1.67. The SMILES string of the molecule is CC(=O)O[C@H]1C[C@](C)(O)[C@]23OC(C)(C)[C@H](C[C@H](OC(=O)c4ccccc4)[C@]2(C)[C@H]1OC(=O)c1ccccc1)[C@H]3O. The number of esters is 3. The van der Waals surface area contributed by atoms with Crippen molar-refractivity contribution in [1.82, 2.24) is 0 Å². The smallest absolute Gasteiger partial charge is 0.338 e. The molecule has 1 heterocycles. The van der Waals surface area contributed by atoms with Crippen LogP contribution in [0.15, 0.2) is 60.7 Å². The molecule has 3 fully saturated rings. The summed E-state index contributed by atoms with van der Waals surface area (Å²) < 4.78 is 24.6. The van der Waals surface area contributed by atoms with Crippen LogP contribution < -0.4 is 0 Å². The van der Waals surface area contributed by atoms with Gasteiger partial charge in [-0.2, -0.15) is 0 Å². The monoisotopic (exact) mass is 552 g/mol. The lowest BCUT2D eigenvalue weighted by Gasteiger charge is -2.65. The molecule has 40 heavy (non-hydrogen) atoms. The molecular weight excluding hydrogens is 516 g/mol. The summed E-state index contributed by atoms with van der Waals surface area (Å²) in [5.74, 6) is -2.46. The van der Waals surface area contributed by atoms with E-state index >= 15 is 0 Å². The van der Waals surface area contributed by atoms with Gasteiger partial charge in [-0.15, -0.1) is 0 Å². The molecule has 2 bridgehead atoms. The molecular formula is C31H36O9. The maximum Gasteiger partial charge on any atom is 0.338 e. The number of aliphatic hydroxyl groups is 2. The molecule has 2 aromatic rings. The molecule has 9 heteroatoms. The Bertz CT molecular complexity index is 1290. The lowest BCUT2D eigenvalue weighted by Crippen LogP contribution is -2.81. The summed E-state index contributed by atoms with van der Waals surface area (Å²) in [5.41, 5.74) is -5.42. The second kappa shape index (κ2) is 9.68. The van der Waals surface area contributed by atoms with Crippen molar-refractivity contribution in [3.8, 4) is 0 Å². The van der Waals surface area contributed by atoms with E-state index in [0.29, 0.717) is 5.56 Å². The van der Waals surface area contributed by atoms with Crippen LogP contribution in [0, 0.1) is 11.3 Å². The molecule has 8 atom stereocenters. The number of carbonyl (C=O) groups is 3. The summed E-state index contributed by atoms with van der Waals surface area (Å²) in [5, 5.41) is 23.9. The maximum absolute atomic E-state index is 13.4. The number of hydrogen-bond acceptors (Lipinski definition) is 9. The maximum atomic E-state index is 13.4. The fourth-order valence-corrected chi connectivity index (χ4v) is 7.42. The molecule has 0 aromatic heterocycles. The minimum Gasteiger partial charge on any atom is -0.458 e. The first kappa shape index (κ1) is 28.3. The predicted molar refractivity (Wildman–Crippen MR) is 142 cm³/mol. The number of carbonyl (C=O) groups excluding carboxylic acids is 3. The van der Waals surface area contributed by atoms with Crippen LogP contribution in [0.2, 0.25) is 0 Å². The van der Waals surface area contributed by atoms with Crippen LogP contribution >= 0.6 is 0 Å². The quantitative estimate of drug-likeness (QED) is 0.423. The van der Waals surface area contributed by atoms with Crippen LogP contribution in [0.3, 0.4) is 0 Å². The van der Waals surface area contributed by atoms with Crippen molar-refractivity contribution in [2.75, 3.05) is 0 Å². The van der Waals surface area contributed by atoms with Gasteiger partial charge in [0.25, 0.3) is 0 Å². The third-order valence-electron chi connectivity index (χ3n) is 9.20. The molecule has 2 saturated carbocycles. The first-order valence-corrected chi connectivity index (χ1v) is 13.5. The van der Waals surface area contributed by atoms with E-state index in [1.807, 2.05) is 13.8 Å². The summed E-state index contributed by atoms with van der Waals surface area (Å²) in [6.07, 6.45) is -4.59. The van der Waals surface area contributed by atoms with Gasteiger partial charge in [0.2, 0.25) is 0 Å². The van der Waals surface area contributed by atoms with Gasteiger partial charge in [-0.05, 0) is 58.4 Å². The molecule has 3 aliphatic rings. The lowest BCUT2D eigenvalue weighted by atomic mass is 9.47. The molecule has 0 unspecified atom stereocenters. The van der Waals surface area contributed by atoms with Gasteiger partial charge in [-0.25, -0.2) is 9.59 Å². The Morgan fingerprint density at radius 3 is 1.90 bits per heavy atom. The molecule has 5 rings (SSSR count). The van der Waals surface area contributed by atoms with Gasteiger partial charge in [0, 0.05) is 19.3 Å². The van der Waals surface area contributed by atoms with Crippen molar-refractivity contribution in [1.29, 1.82) is 0 Å². The Kier molecular flexibility index (Phi) is 6.84. The van der Waals surface area contributed by atoms with Crippen molar-refractivity contribution in [2.24, 2.45) is 11.3 Å². The van der Waals surface area contributed by atoms with Gasteiger partial charge < -0.3 is 29.2 Å². The zero-order valence-corrected chi connectivity index (χ0v) is 23.3. The van der Waals surface area contributed by atoms with Gasteiger partial charge in [-0.3, -0.25) is 4.79 Å². The first-order valence-electron chi connectivity index (χ1n) is 13.5. The summed E-state index contributed by atoms with van der Waals surface area (Å²) in [6, 6.07) is 16.8. The highest BCUT2D eigenvalue weighted by Gasteiger charge is 2.83. The van der Waals surface area contributed by atoms with E-state index in [2.05, 4.69) is 0 Å². The summed E-state index contributed by atoms with van der Waals surface area (Å²) in [4.78, 5) is 39.1. The number of benzene rings is 2. The van der Waals surface area contributed by atoms with Crippen molar-refractivity contribution in [3.63, 3.8) is 0 Å². The Morgan fingerprint density at radius 1 is 0.850 bits per heavy atom. The average molecular weight is 553 g/mol. The highest BCUT2D eigenvalue weighted by atomic mass is 16.6. The molecule has 1 spiro atoms. The fourth-order valence-electron chi connectivity index (χ4n) is 7.42. The molecule has 2 N–H and O–H groups in total. The Hall–Kier alpha value is -3.27. The molecule has 0 amide bonds. The summed E-state index contributed by atoms with van der Waals surface area (Å²) >= 11 is 0. The first-order chi connectivity index (χ1) is 18.7. The van der Waals surface area contributed by atoms with Crippen LogP contribution in [-0.2, 0) is 23.7 Å². The van der Waals surface area contributed by atoms with Crippen molar-refractivity contribution < 1.29 is 43.5 Å². The summed E-state index contributed by atoms with van der Waals surface area (Å²) in [7, 11) is 0. The molecule has 1 saturated heterocycles. The van der Waals surface area contributed by atoms with Gasteiger partial charge in [0.1, 0.15) is 17.8 Å². The molecule has 2 aliphatic carbocycles. The van der Waals surface area contributed by atoms with Crippen LogP contribution in [0.4, 0.5) is 0 Å². The van der Waals surface area contributed by atoms with E-state index < -0.39 is 70.5 Å². The Labute approximate surface area is 233 Å². The number of hydrogen-bond donors (Lipinski definition) is 2. The topological polar surface area (TPSA) is 129 Å². The van der Waals surface area contributed by atoms with Crippen LogP contribution in [0.5, 0.6) is 0 Å². The minimum absolute atomic E-state index is 0.160. The van der Waals surface area contributed by atoms with E-state index in [9.17, 15) is 24.6 Å². The van der Waals surface area contributed by atoms with Crippen LogP contribution in [0.1, 0.15) is 68.2 Å². The predicted octanol–water partition coefficient (Wildman–Crippen LogP) is 3.46. The van der Waals surface area contributed by atoms with E-state index in [1.165, 1.54) is 13.8 Å². The molecule has 214 valence electrons. The van der Waals surface area contributed by atoms with Crippen molar-refractivity contribution in [2.45, 2.75) is 88.7 Å². The normalized spacial score (nSPS) is 37.6. The van der Waals surface area contributed by atoms with Gasteiger partial charge in [-0.1, -0.05) is 36.4 Å². The van der Waals surface area contributed by atoms with Gasteiger partial charge in [0.05, 0.1) is 33.8 Å². The molecule has 2 aromatic carbocycles. The second-order valence-corrected chi connectivity index (χ2v) is 12.1. The molecule has 0 radical (unpaired) electrons. The summed E-state index contributed by atoms with van der Waals surface area (Å²) in [6.45, 7) is 8.04. The fraction of sp³-hybridized carbons (Fsp3) is 0.516. The largest absolute Gasteiger partial charge is 0.458 e. The third kappa shape index (κ3) is 4.14. The van der Waals surface area contributed by atoms with Crippen molar-refractivity contribution in [3.05, 3.63) is 71.8 Å². The number of fused-ring (bicyclic) bond motifs is 1. The standard InChI is InChI=1S/C31H36O9/c1-18(32)37-22-17-29(4,36)31-24(33)21(28(2,3)40-31)16-23(38-26(34)19-12-8-6-9-13-19)30(31,5)25(22)39-27(35)20-14-10-7-11-15-20/h6-15,21-25,33,36H,16-17H2,1-5H3/t21-,22+,23+,24-,25+,29+,30-,31+/m1/s1. The van der Waals surface area contributed by atoms with E-state index in [-0.39, 0.29) is 18.4 Å². The third-order valence-corrected chi connectivity index (χ3v) is 9.20. The van der Waals surface area contributed by atoms with Gasteiger partial charge >= 0.3 is 17.9 Å². The average Bonchev–Trinajstić information content (AvgIpc) is 3.06.